The van der Waals surface area contributed by atoms with Crippen LogP contribution in [-0.2, 0) is 10.2 Å². The van der Waals surface area contributed by atoms with E-state index in [9.17, 15) is 0 Å². The van der Waals surface area contributed by atoms with Gasteiger partial charge in [0.25, 0.3) is 0 Å². The van der Waals surface area contributed by atoms with E-state index in [1.54, 1.807) is 11.1 Å². The number of benzene rings is 1. The van der Waals surface area contributed by atoms with Crippen LogP contribution < -0.4 is 0 Å². The van der Waals surface area contributed by atoms with Gasteiger partial charge in [-0.1, -0.05) is 56.7 Å². The van der Waals surface area contributed by atoms with Gasteiger partial charge >= 0.3 is 0 Å². The topological polar surface area (TPSA) is 9.23 Å². The fraction of sp³-hybridized carbons (Fsp3) is 0.714. The first-order valence-electron chi connectivity index (χ1n) is 12.6. The van der Waals surface area contributed by atoms with Crippen molar-refractivity contribution in [3.05, 3.63) is 47.5 Å². The predicted octanol–water partition coefficient (Wildman–Crippen LogP) is 8.09. The third-order valence-electron chi connectivity index (χ3n) is 8.68. The molecule has 1 nitrogen and oxygen atoms in total. The molecule has 1 aromatic rings. The van der Waals surface area contributed by atoms with Gasteiger partial charge < -0.3 is 4.74 Å². The summed E-state index contributed by atoms with van der Waals surface area (Å²) in [5.74, 6) is 0.738. The number of rotatable bonds is 8. The highest BCUT2D eigenvalue weighted by molar-refractivity contribution is 5.33. The van der Waals surface area contributed by atoms with Crippen molar-refractivity contribution in [3.8, 4) is 0 Å². The minimum Gasteiger partial charge on any atom is -0.374 e. The molecule has 0 saturated heterocycles. The Bertz CT molecular complexity index is 638. The summed E-state index contributed by atoms with van der Waals surface area (Å²) in [6.07, 6.45) is 22.5. The Kier molecular flexibility index (Phi) is 6.84. The van der Waals surface area contributed by atoms with E-state index in [4.69, 9.17) is 4.74 Å². The van der Waals surface area contributed by atoms with Crippen LogP contribution in [0.1, 0.15) is 114 Å². The average Bonchev–Trinajstić information content (AvgIpc) is 2.79. The van der Waals surface area contributed by atoms with Crippen LogP contribution in [0.5, 0.6) is 0 Å². The van der Waals surface area contributed by atoms with Crippen LogP contribution in [0.3, 0.4) is 0 Å². The van der Waals surface area contributed by atoms with E-state index in [2.05, 4.69) is 50.3 Å². The Hall–Kier alpha value is -1.08. The first kappa shape index (κ1) is 21.2. The number of fused-ring (bicyclic) bond motifs is 3. The molecule has 2 bridgehead atoms. The van der Waals surface area contributed by atoms with Crippen molar-refractivity contribution in [1.29, 1.82) is 0 Å². The van der Waals surface area contributed by atoms with E-state index in [-0.39, 0.29) is 0 Å². The number of hydrogen-bond acceptors (Lipinski definition) is 1. The second-order valence-electron chi connectivity index (χ2n) is 10.3. The third kappa shape index (κ3) is 4.66. The quantitative estimate of drug-likeness (QED) is 0.405. The fourth-order valence-corrected chi connectivity index (χ4v) is 6.70. The number of ether oxygens (including phenoxy) is 1. The van der Waals surface area contributed by atoms with Crippen LogP contribution >= 0.6 is 0 Å². The first-order valence-corrected chi connectivity index (χ1v) is 12.6. The van der Waals surface area contributed by atoms with Crippen molar-refractivity contribution in [2.75, 3.05) is 6.61 Å². The Morgan fingerprint density at radius 2 is 1.52 bits per heavy atom. The maximum absolute atomic E-state index is 6.04. The predicted molar refractivity (Wildman–Crippen MR) is 124 cm³/mol. The molecule has 0 atom stereocenters. The minimum absolute atomic E-state index is 0.471. The highest BCUT2D eigenvalue weighted by Gasteiger charge is 2.48. The molecule has 0 amide bonds. The summed E-state index contributed by atoms with van der Waals surface area (Å²) in [5.41, 5.74) is 4.43. The second kappa shape index (κ2) is 9.38. The Morgan fingerprint density at radius 1 is 0.862 bits per heavy atom. The lowest BCUT2D eigenvalue weighted by Crippen LogP contribution is -2.44. The minimum atomic E-state index is 0.471. The Labute approximate surface area is 179 Å². The van der Waals surface area contributed by atoms with E-state index >= 15 is 0 Å². The molecule has 0 N–H and O–H groups in total. The van der Waals surface area contributed by atoms with Crippen LogP contribution in [0.4, 0.5) is 0 Å². The highest BCUT2D eigenvalue weighted by Crippen LogP contribution is 2.59. The highest BCUT2D eigenvalue weighted by atomic mass is 16.5. The van der Waals surface area contributed by atoms with Gasteiger partial charge in [0.1, 0.15) is 0 Å². The average molecular weight is 395 g/mol. The van der Waals surface area contributed by atoms with Crippen molar-refractivity contribution < 1.29 is 4.74 Å². The molecule has 0 aliphatic heterocycles. The summed E-state index contributed by atoms with van der Waals surface area (Å²) < 4.78 is 6.04. The standard InChI is InChI=1S/C28H42O/c1-3-5-6-22-29-26-13-9-24(10-14-26)23-7-11-25(12-8-23)28-19-16-27(15-4-2,17-20-28)18-21-28/h5-8,11-12,24,26H,3-4,9-10,13-22H2,1-2H3. The summed E-state index contributed by atoms with van der Waals surface area (Å²) in [6.45, 7) is 5.33. The van der Waals surface area contributed by atoms with Crippen molar-refractivity contribution in [3.63, 3.8) is 0 Å². The Balaban J connectivity index is 1.31. The lowest BCUT2D eigenvalue weighted by Gasteiger charge is -2.54. The fourth-order valence-electron chi connectivity index (χ4n) is 6.70. The molecule has 4 saturated carbocycles. The second-order valence-corrected chi connectivity index (χ2v) is 10.3. The van der Waals surface area contributed by atoms with E-state index in [0.29, 0.717) is 16.9 Å². The molecule has 4 aliphatic carbocycles. The molecule has 0 spiro atoms. The molecule has 5 rings (SSSR count). The zero-order chi connectivity index (χ0) is 20.2. The van der Waals surface area contributed by atoms with E-state index in [1.807, 2.05) is 0 Å². The molecule has 0 heterocycles. The van der Waals surface area contributed by atoms with Crippen LogP contribution in [0.25, 0.3) is 0 Å². The van der Waals surface area contributed by atoms with Crippen LogP contribution in [0.2, 0.25) is 0 Å². The first-order chi connectivity index (χ1) is 14.2. The SMILES string of the molecule is CCC=CCOC1CCC(c2ccc(C34CCC(CCC)(CC3)CC4)cc2)CC1. The van der Waals surface area contributed by atoms with Gasteiger partial charge in [-0.15, -0.1) is 0 Å². The molecular formula is C28H42O. The molecule has 0 unspecified atom stereocenters. The Morgan fingerprint density at radius 3 is 2.10 bits per heavy atom. The van der Waals surface area contributed by atoms with Gasteiger partial charge in [-0.3, -0.25) is 0 Å². The molecule has 1 heteroatoms. The molecule has 0 aromatic heterocycles. The lowest BCUT2D eigenvalue weighted by atomic mass is 9.51. The monoisotopic (exact) mass is 394 g/mol. The van der Waals surface area contributed by atoms with Crippen LogP contribution in [-0.4, -0.2) is 12.7 Å². The maximum Gasteiger partial charge on any atom is 0.0651 e. The zero-order valence-electron chi connectivity index (χ0n) is 18.9. The summed E-state index contributed by atoms with van der Waals surface area (Å²) in [5, 5.41) is 0. The lowest BCUT2D eigenvalue weighted by molar-refractivity contribution is 0.0320. The van der Waals surface area contributed by atoms with Crippen molar-refractivity contribution in [2.24, 2.45) is 5.41 Å². The van der Waals surface area contributed by atoms with Gasteiger partial charge in [0, 0.05) is 0 Å². The van der Waals surface area contributed by atoms with Crippen molar-refractivity contribution in [2.45, 2.75) is 115 Å². The van der Waals surface area contributed by atoms with Gasteiger partial charge in [-0.25, -0.2) is 0 Å². The largest absolute Gasteiger partial charge is 0.374 e. The van der Waals surface area contributed by atoms with E-state index in [0.717, 1.165) is 18.9 Å². The summed E-state index contributed by atoms with van der Waals surface area (Å²) >= 11 is 0. The molecule has 4 fully saturated rings. The zero-order valence-corrected chi connectivity index (χ0v) is 18.9. The third-order valence-corrected chi connectivity index (χ3v) is 8.68. The smallest absolute Gasteiger partial charge is 0.0651 e. The number of allylic oxidation sites excluding steroid dienone is 1. The molecule has 1 aromatic carbocycles. The van der Waals surface area contributed by atoms with Gasteiger partial charge in [0.2, 0.25) is 0 Å². The summed E-state index contributed by atoms with van der Waals surface area (Å²) in [4.78, 5) is 0. The van der Waals surface area contributed by atoms with Gasteiger partial charge in [0.05, 0.1) is 12.7 Å². The molecule has 29 heavy (non-hydrogen) atoms. The molecule has 0 radical (unpaired) electrons. The summed E-state index contributed by atoms with van der Waals surface area (Å²) in [7, 11) is 0. The van der Waals surface area contributed by atoms with E-state index < -0.39 is 0 Å². The van der Waals surface area contributed by atoms with Gasteiger partial charge in [-0.2, -0.15) is 0 Å². The molecular weight excluding hydrogens is 352 g/mol. The molecule has 4 aliphatic rings. The maximum atomic E-state index is 6.04. The van der Waals surface area contributed by atoms with Crippen LogP contribution in [0.15, 0.2) is 36.4 Å². The van der Waals surface area contributed by atoms with E-state index in [1.165, 1.54) is 77.0 Å². The van der Waals surface area contributed by atoms with Gasteiger partial charge in [0.15, 0.2) is 0 Å². The normalized spacial score (nSPS) is 34.7. The van der Waals surface area contributed by atoms with Crippen molar-refractivity contribution in [1.82, 2.24) is 0 Å². The summed E-state index contributed by atoms with van der Waals surface area (Å²) in [6, 6.07) is 9.96. The van der Waals surface area contributed by atoms with Gasteiger partial charge in [-0.05, 0) is 105 Å². The number of hydrogen-bond donors (Lipinski definition) is 0. The van der Waals surface area contributed by atoms with Crippen molar-refractivity contribution >= 4 is 0 Å². The van der Waals surface area contributed by atoms with Crippen LogP contribution in [0, 0.1) is 5.41 Å². The molecule has 160 valence electrons.